The zero-order valence-corrected chi connectivity index (χ0v) is 9.40. The van der Waals surface area contributed by atoms with E-state index < -0.39 is 5.97 Å². The Morgan fingerprint density at radius 1 is 1.47 bits per heavy atom. The highest BCUT2D eigenvalue weighted by Crippen LogP contribution is 2.17. The number of aromatic carboxylic acids is 1. The van der Waals surface area contributed by atoms with E-state index in [-0.39, 0.29) is 0 Å². The summed E-state index contributed by atoms with van der Waals surface area (Å²) in [6, 6.07) is 7.14. The third kappa shape index (κ3) is 3.36. The van der Waals surface area contributed by atoms with Crippen LogP contribution in [0.5, 0.6) is 0 Å². The molecule has 0 saturated carbocycles. The van der Waals surface area contributed by atoms with Gasteiger partial charge in [-0.2, -0.15) is 0 Å². The van der Waals surface area contributed by atoms with Gasteiger partial charge in [-0.05, 0) is 37.7 Å². The summed E-state index contributed by atoms with van der Waals surface area (Å²) in [6.07, 6.45) is 0. The third-order valence-corrected chi connectivity index (χ3v) is 2.34. The number of nitrogens with zero attached hydrogens (tertiary/aromatic N) is 1. The highest BCUT2D eigenvalue weighted by atomic mass is 16.4. The van der Waals surface area contributed by atoms with Gasteiger partial charge in [0.25, 0.3) is 0 Å². The minimum absolute atomic E-state index is 0.347. The van der Waals surface area contributed by atoms with Crippen molar-refractivity contribution in [3.8, 4) is 0 Å². The van der Waals surface area contributed by atoms with Crippen molar-refractivity contribution in [2.24, 2.45) is 0 Å². The first-order valence-electron chi connectivity index (χ1n) is 4.98. The van der Waals surface area contributed by atoms with Gasteiger partial charge in [-0.3, -0.25) is 0 Å². The number of likely N-dealkylation sites (N-methyl/N-ethyl adjacent to an activating group) is 1. The molecule has 1 N–H and O–H groups in total. The van der Waals surface area contributed by atoms with Gasteiger partial charge in [0.15, 0.2) is 0 Å². The van der Waals surface area contributed by atoms with Gasteiger partial charge < -0.3 is 10.0 Å². The van der Waals surface area contributed by atoms with E-state index in [9.17, 15) is 4.79 Å². The van der Waals surface area contributed by atoms with E-state index in [0.717, 1.165) is 12.1 Å². The second kappa shape index (κ2) is 4.94. The molecule has 1 atom stereocenters. The Labute approximate surface area is 90.3 Å². The summed E-state index contributed by atoms with van der Waals surface area (Å²) in [5.41, 5.74) is 1.43. The summed E-state index contributed by atoms with van der Waals surface area (Å²) in [6.45, 7) is 3.02. The fraction of sp³-hybridized carbons (Fsp3) is 0.417. The fourth-order valence-corrected chi connectivity index (χ4v) is 1.63. The minimum atomic E-state index is -0.867. The highest BCUT2D eigenvalue weighted by molar-refractivity contribution is 5.87. The molecule has 0 aliphatic heterocycles. The lowest BCUT2D eigenvalue weighted by atomic mass is 9.99. The first-order chi connectivity index (χ1) is 7.00. The third-order valence-electron chi connectivity index (χ3n) is 2.34. The van der Waals surface area contributed by atoms with Crippen molar-refractivity contribution in [1.82, 2.24) is 4.90 Å². The van der Waals surface area contributed by atoms with Gasteiger partial charge in [0.2, 0.25) is 0 Å². The lowest BCUT2D eigenvalue weighted by Gasteiger charge is -2.17. The molecule has 0 aliphatic rings. The summed E-state index contributed by atoms with van der Waals surface area (Å²) >= 11 is 0. The molecular formula is C12H17NO2. The van der Waals surface area contributed by atoms with E-state index in [1.165, 1.54) is 0 Å². The molecule has 0 spiro atoms. The molecule has 0 radical (unpaired) electrons. The highest BCUT2D eigenvalue weighted by Gasteiger charge is 2.09. The van der Waals surface area contributed by atoms with Crippen LogP contribution in [-0.2, 0) is 0 Å². The van der Waals surface area contributed by atoms with Crippen molar-refractivity contribution in [2.45, 2.75) is 12.8 Å². The number of hydrogen-bond donors (Lipinski definition) is 1. The van der Waals surface area contributed by atoms with E-state index in [0.29, 0.717) is 11.5 Å². The summed E-state index contributed by atoms with van der Waals surface area (Å²) < 4.78 is 0. The van der Waals surface area contributed by atoms with E-state index in [1.54, 1.807) is 18.2 Å². The van der Waals surface area contributed by atoms with Gasteiger partial charge in [0, 0.05) is 6.54 Å². The molecule has 15 heavy (non-hydrogen) atoms. The molecule has 3 nitrogen and oxygen atoms in total. The van der Waals surface area contributed by atoms with Crippen LogP contribution in [0.15, 0.2) is 24.3 Å². The Kier molecular flexibility index (Phi) is 3.86. The largest absolute Gasteiger partial charge is 0.478 e. The standard InChI is InChI=1S/C12H17NO2/c1-9(8-13(2)3)10-5-4-6-11(7-10)12(14)15/h4-7,9H,8H2,1-3H3,(H,14,15). The Morgan fingerprint density at radius 3 is 2.67 bits per heavy atom. The maximum atomic E-state index is 10.8. The molecular weight excluding hydrogens is 190 g/mol. The molecule has 1 unspecified atom stereocenters. The van der Waals surface area contributed by atoms with Gasteiger partial charge in [-0.25, -0.2) is 4.79 Å². The van der Waals surface area contributed by atoms with Crippen molar-refractivity contribution in [2.75, 3.05) is 20.6 Å². The van der Waals surface area contributed by atoms with Crippen LogP contribution >= 0.6 is 0 Å². The van der Waals surface area contributed by atoms with Crippen molar-refractivity contribution < 1.29 is 9.90 Å². The van der Waals surface area contributed by atoms with Gasteiger partial charge >= 0.3 is 5.97 Å². The molecule has 0 saturated heterocycles. The van der Waals surface area contributed by atoms with Crippen LogP contribution in [0.25, 0.3) is 0 Å². The normalized spacial score (nSPS) is 12.8. The van der Waals surface area contributed by atoms with Crippen molar-refractivity contribution in [1.29, 1.82) is 0 Å². The number of hydrogen-bond acceptors (Lipinski definition) is 2. The van der Waals surface area contributed by atoms with E-state index >= 15 is 0 Å². The zero-order chi connectivity index (χ0) is 11.4. The monoisotopic (exact) mass is 207 g/mol. The topological polar surface area (TPSA) is 40.5 Å². The summed E-state index contributed by atoms with van der Waals surface area (Å²) in [4.78, 5) is 12.9. The zero-order valence-electron chi connectivity index (χ0n) is 9.40. The molecule has 1 aromatic rings. The van der Waals surface area contributed by atoms with Crippen LogP contribution in [0.1, 0.15) is 28.8 Å². The molecule has 0 aliphatic carbocycles. The Bertz CT molecular complexity index is 347. The maximum Gasteiger partial charge on any atom is 0.335 e. The number of carboxylic acid groups (broad SMARTS) is 1. The molecule has 0 aromatic heterocycles. The smallest absolute Gasteiger partial charge is 0.335 e. The second-order valence-corrected chi connectivity index (χ2v) is 4.09. The first kappa shape index (κ1) is 11.7. The van der Waals surface area contributed by atoms with Gasteiger partial charge in [-0.1, -0.05) is 19.1 Å². The van der Waals surface area contributed by atoms with Crippen LogP contribution in [-0.4, -0.2) is 36.6 Å². The Hall–Kier alpha value is -1.35. The predicted octanol–water partition coefficient (Wildman–Crippen LogP) is 2.05. The van der Waals surface area contributed by atoms with Gasteiger partial charge in [0.05, 0.1) is 5.56 Å². The Balaban J connectivity index is 2.85. The van der Waals surface area contributed by atoms with Crippen LogP contribution in [0.2, 0.25) is 0 Å². The average Bonchev–Trinajstić information content (AvgIpc) is 2.17. The van der Waals surface area contributed by atoms with Gasteiger partial charge in [-0.15, -0.1) is 0 Å². The lowest BCUT2D eigenvalue weighted by molar-refractivity contribution is 0.0696. The maximum absolute atomic E-state index is 10.8. The first-order valence-corrected chi connectivity index (χ1v) is 4.98. The van der Waals surface area contributed by atoms with Crippen molar-refractivity contribution >= 4 is 5.97 Å². The quantitative estimate of drug-likeness (QED) is 0.821. The summed E-state index contributed by atoms with van der Waals surface area (Å²) in [7, 11) is 4.02. The van der Waals surface area contributed by atoms with E-state index in [4.69, 9.17) is 5.11 Å². The van der Waals surface area contributed by atoms with Crippen LogP contribution in [0, 0.1) is 0 Å². The Morgan fingerprint density at radius 2 is 2.13 bits per heavy atom. The summed E-state index contributed by atoms with van der Waals surface area (Å²) in [5.74, 6) is -0.520. The molecule has 0 fully saturated rings. The fourth-order valence-electron chi connectivity index (χ4n) is 1.63. The molecule has 0 bridgehead atoms. The number of carbonyl (C=O) groups is 1. The van der Waals surface area contributed by atoms with Crippen LogP contribution < -0.4 is 0 Å². The molecule has 3 heteroatoms. The van der Waals surface area contributed by atoms with E-state index in [1.807, 2.05) is 20.2 Å². The molecule has 0 heterocycles. The number of carboxylic acids is 1. The van der Waals surface area contributed by atoms with Gasteiger partial charge in [0.1, 0.15) is 0 Å². The van der Waals surface area contributed by atoms with E-state index in [2.05, 4.69) is 11.8 Å². The second-order valence-electron chi connectivity index (χ2n) is 4.09. The predicted molar refractivity (Wildman–Crippen MR) is 60.4 cm³/mol. The number of rotatable bonds is 4. The molecule has 1 aromatic carbocycles. The number of benzene rings is 1. The van der Waals surface area contributed by atoms with Crippen LogP contribution in [0.4, 0.5) is 0 Å². The minimum Gasteiger partial charge on any atom is -0.478 e. The van der Waals surface area contributed by atoms with Crippen molar-refractivity contribution in [3.05, 3.63) is 35.4 Å². The SMILES string of the molecule is CC(CN(C)C)c1cccc(C(=O)O)c1. The van der Waals surface area contributed by atoms with Crippen LogP contribution in [0.3, 0.4) is 0 Å². The summed E-state index contributed by atoms with van der Waals surface area (Å²) in [5, 5.41) is 8.86. The average molecular weight is 207 g/mol. The lowest BCUT2D eigenvalue weighted by Crippen LogP contribution is -2.18. The molecule has 82 valence electrons. The molecule has 1 rings (SSSR count). The van der Waals surface area contributed by atoms with Crippen molar-refractivity contribution in [3.63, 3.8) is 0 Å². The molecule has 0 amide bonds.